The van der Waals surface area contributed by atoms with Crippen LogP contribution in [0.25, 0.3) is 0 Å². The monoisotopic (exact) mass is 332 g/mol. The molecule has 1 amide bonds. The first kappa shape index (κ1) is 16.2. The molecule has 3 rings (SSSR count). The molecule has 1 heterocycles. The normalized spacial score (nSPS) is 16.4. The fourth-order valence-corrected chi connectivity index (χ4v) is 2.62. The Kier molecular flexibility index (Phi) is 4.09. The van der Waals surface area contributed by atoms with Crippen molar-refractivity contribution < 1.29 is 23.6 Å². The highest BCUT2D eigenvalue weighted by atomic mass is 19.1. The predicted octanol–water partition coefficient (Wildman–Crippen LogP) is 2.81. The maximum Gasteiger partial charge on any atom is 0.306 e. The van der Waals surface area contributed by atoms with Crippen LogP contribution in [0.5, 0.6) is 0 Å². The topological polar surface area (TPSA) is 92.4 Å². The van der Waals surface area contributed by atoms with Crippen LogP contribution in [-0.4, -0.2) is 22.1 Å². The van der Waals surface area contributed by atoms with E-state index in [0.29, 0.717) is 11.5 Å². The number of aliphatic carboxylic acids is 1. The number of carboxylic acids is 1. The lowest BCUT2D eigenvalue weighted by Crippen LogP contribution is -2.45. The number of carbonyl (C=O) groups is 2. The summed E-state index contributed by atoms with van der Waals surface area (Å²) in [4.78, 5) is 23.6. The summed E-state index contributed by atoms with van der Waals surface area (Å²) in [5.41, 5.74) is 0.0202. The van der Waals surface area contributed by atoms with Crippen molar-refractivity contribution in [3.63, 3.8) is 0 Å². The second-order valence-electron chi connectivity index (χ2n) is 6.25. The average Bonchev–Trinajstić information content (AvgIpc) is 3.24. The van der Waals surface area contributed by atoms with Crippen molar-refractivity contribution in [2.45, 2.75) is 37.6 Å². The van der Waals surface area contributed by atoms with Crippen molar-refractivity contribution in [3.8, 4) is 0 Å². The Morgan fingerprint density at radius 3 is 2.62 bits per heavy atom. The molecule has 126 valence electrons. The number of aromatic nitrogens is 1. The molecule has 6 nitrogen and oxygen atoms in total. The molecule has 0 aliphatic heterocycles. The Morgan fingerprint density at radius 2 is 2.04 bits per heavy atom. The summed E-state index contributed by atoms with van der Waals surface area (Å²) in [5.74, 6) is -1.69. The van der Waals surface area contributed by atoms with E-state index in [2.05, 4.69) is 10.5 Å². The van der Waals surface area contributed by atoms with Gasteiger partial charge >= 0.3 is 5.97 Å². The van der Waals surface area contributed by atoms with Gasteiger partial charge in [0.05, 0.1) is 17.7 Å². The average molecular weight is 332 g/mol. The molecule has 0 spiro atoms. The fourth-order valence-electron chi connectivity index (χ4n) is 2.62. The molecular formula is C17H17FN2O4. The quantitative estimate of drug-likeness (QED) is 0.848. The van der Waals surface area contributed by atoms with Gasteiger partial charge in [-0.25, -0.2) is 4.39 Å². The second kappa shape index (κ2) is 6.07. The van der Waals surface area contributed by atoms with Gasteiger partial charge in [0.25, 0.3) is 5.91 Å². The molecule has 1 aromatic carbocycles. The second-order valence-corrected chi connectivity index (χ2v) is 6.25. The highest BCUT2D eigenvalue weighted by molar-refractivity contribution is 5.92. The molecule has 2 N–H and O–H groups in total. The van der Waals surface area contributed by atoms with Crippen LogP contribution in [0.15, 0.2) is 34.9 Å². The van der Waals surface area contributed by atoms with Crippen LogP contribution < -0.4 is 5.32 Å². The standard InChI is InChI=1S/C17H17FN2O4/c1-17(9-15(21)22,11-4-6-12(18)7-5-11)19-16(23)14-8-13(20-24-14)10-2-3-10/h4-8,10H,2-3,9H2,1H3,(H,19,23)(H,21,22). The first-order valence-corrected chi connectivity index (χ1v) is 7.64. The third-order valence-electron chi connectivity index (χ3n) is 4.12. The van der Waals surface area contributed by atoms with Gasteiger partial charge in [-0.15, -0.1) is 0 Å². The minimum absolute atomic E-state index is 0.0376. The largest absolute Gasteiger partial charge is 0.481 e. The van der Waals surface area contributed by atoms with E-state index >= 15 is 0 Å². The molecule has 0 radical (unpaired) electrons. The minimum Gasteiger partial charge on any atom is -0.481 e. The summed E-state index contributed by atoms with van der Waals surface area (Å²) in [6, 6.07) is 6.93. The van der Waals surface area contributed by atoms with E-state index in [1.54, 1.807) is 13.0 Å². The van der Waals surface area contributed by atoms with E-state index in [1.165, 1.54) is 24.3 Å². The highest BCUT2D eigenvalue weighted by Crippen LogP contribution is 2.39. The molecule has 1 saturated carbocycles. The summed E-state index contributed by atoms with van der Waals surface area (Å²) in [6.45, 7) is 1.57. The number of rotatable bonds is 6. The highest BCUT2D eigenvalue weighted by Gasteiger charge is 2.34. The van der Waals surface area contributed by atoms with E-state index in [0.717, 1.165) is 18.5 Å². The summed E-state index contributed by atoms with van der Waals surface area (Å²) in [7, 11) is 0. The van der Waals surface area contributed by atoms with Crippen LogP contribution in [0.1, 0.15) is 53.9 Å². The lowest BCUT2D eigenvalue weighted by Gasteiger charge is -2.29. The molecule has 1 atom stereocenters. The molecule has 1 aliphatic rings. The van der Waals surface area contributed by atoms with Gasteiger partial charge in [0.15, 0.2) is 0 Å². The van der Waals surface area contributed by atoms with Gasteiger partial charge < -0.3 is 14.9 Å². The van der Waals surface area contributed by atoms with Crippen molar-refractivity contribution in [1.29, 1.82) is 0 Å². The summed E-state index contributed by atoms with van der Waals surface area (Å²) in [5, 5.41) is 15.7. The molecule has 0 saturated heterocycles. The lowest BCUT2D eigenvalue weighted by molar-refractivity contribution is -0.138. The van der Waals surface area contributed by atoms with Gasteiger partial charge in [0, 0.05) is 12.0 Å². The van der Waals surface area contributed by atoms with Gasteiger partial charge in [-0.05, 0) is 37.5 Å². The van der Waals surface area contributed by atoms with Gasteiger partial charge in [-0.1, -0.05) is 17.3 Å². The van der Waals surface area contributed by atoms with Gasteiger partial charge in [-0.3, -0.25) is 9.59 Å². The molecule has 1 fully saturated rings. The number of hydrogen-bond donors (Lipinski definition) is 2. The number of amides is 1. The van der Waals surface area contributed by atoms with Crippen LogP contribution in [-0.2, 0) is 10.3 Å². The predicted molar refractivity (Wildman–Crippen MR) is 81.9 cm³/mol. The zero-order chi connectivity index (χ0) is 17.3. The van der Waals surface area contributed by atoms with Crippen LogP contribution in [0, 0.1) is 5.82 Å². The van der Waals surface area contributed by atoms with Crippen LogP contribution in [0.3, 0.4) is 0 Å². The van der Waals surface area contributed by atoms with Gasteiger partial charge in [0.1, 0.15) is 5.82 Å². The number of hydrogen-bond acceptors (Lipinski definition) is 4. The zero-order valence-corrected chi connectivity index (χ0v) is 13.1. The fraction of sp³-hybridized carbons (Fsp3) is 0.353. The van der Waals surface area contributed by atoms with Crippen molar-refractivity contribution >= 4 is 11.9 Å². The Morgan fingerprint density at radius 1 is 1.38 bits per heavy atom. The lowest BCUT2D eigenvalue weighted by atomic mass is 9.88. The minimum atomic E-state index is -1.21. The number of benzene rings is 1. The molecule has 1 aliphatic carbocycles. The first-order valence-electron chi connectivity index (χ1n) is 7.64. The molecule has 24 heavy (non-hydrogen) atoms. The maximum absolute atomic E-state index is 13.1. The van der Waals surface area contributed by atoms with Gasteiger partial charge in [-0.2, -0.15) is 0 Å². The zero-order valence-electron chi connectivity index (χ0n) is 13.1. The van der Waals surface area contributed by atoms with Crippen molar-refractivity contribution in [1.82, 2.24) is 10.5 Å². The van der Waals surface area contributed by atoms with E-state index in [1.807, 2.05) is 0 Å². The van der Waals surface area contributed by atoms with Crippen LogP contribution in [0.4, 0.5) is 4.39 Å². The van der Waals surface area contributed by atoms with Crippen LogP contribution >= 0.6 is 0 Å². The molecule has 7 heteroatoms. The Bertz CT molecular complexity index is 767. The molecular weight excluding hydrogens is 315 g/mol. The number of carboxylic acid groups (broad SMARTS) is 1. The van der Waals surface area contributed by atoms with E-state index < -0.39 is 23.2 Å². The summed E-state index contributed by atoms with van der Waals surface area (Å²) < 4.78 is 18.2. The first-order chi connectivity index (χ1) is 11.4. The Balaban J connectivity index is 1.83. The molecule has 2 aromatic rings. The molecule has 1 unspecified atom stereocenters. The van der Waals surface area contributed by atoms with E-state index in [9.17, 15) is 19.1 Å². The molecule has 0 bridgehead atoms. The smallest absolute Gasteiger partial charge is 0.306 e. The number of carbonyl (C=O) groups excluding carboxylic acids is 1. The summed E-state index contributed by atoms with van der Waals surface area (Å²) in [6.07, 6.45) is 1.70. The number of nitrogens with zero attached hydrogens (tertiary/aromatic N) is 1. The van der Waals surface area contributed by atoms with Crippen molar-refractivity contribution in [3.05, 3.63) is 53.2 Å². The van der Waals surface area contributed by atoms with Crippen molar-refractivity contribution in [2.24, 2.45) is 0 Å². The van der Waals surface area contributed by atoms with E-state index in [-0.39, 0.29) is 12.2 Å². The van der Waals surface area contributed by atoms with Gasteiger partial charge in [0.2, 0.25) is 5.76 Å². The maximum atomic E-state index is 13.1. The Hall–Kier alpha value is -2.70. The third kappa shape index (κ3) is 3.45. The van der Waals surface area contributed by atoms with Crippen LogP contribution in [0.2, 0.25) is 0 Å². The molecule has 1 aromatic heterocycles. The third-order valence-corrected chi connectivity index (χ3v) is 4.12. The van der Waals surface area contributed by atoms with E-state index in [4.69, 9.17) is 4.52 Å². The SMILES string of the molecule is CC(CC(=O)O)(NC(=O)c1cc(C2CC2)no1)c1ccc(F)cc1. The summed E-state index contributed by atoms with van der Waals surface area (Å²) >= 11 is 0. The number of halogens is 1. The number of nitrogens with one attached hydrogen (secondary N) is 1. The Labute approximate surface area is 137 Å². The van der Waals surface area contributed by atoms with Crippen molar-refractivity contribution in [2.75, 3.05) is 0 Å².